The molecule has 0 radical (unpaired) electrons. The van der Waals surface area contributed by atoms with E-state index in [0.29, 0.717) is 37.9 Å². The zero-order valence-electron chi connectivity index (χ0n) is 18.4. The minimum Gasteiger partial charge on any atom is -0.451 e. The SMILES string of the molecule is O=C(NCC1CCN(C(=O)c2cc3ccccc3o2)CC1)[C@H]1CC(=O)N(c2ccccc2)C1. The third-order valence-electron chi connectivity index (χ3n) is 6.67. The van der Waals surface area contributed by atoms with Crippen LogP contribution in [0.25, 0.3) is 11.0 Å². The summed E-state index contributed by atoms with van der Waals surface area (Å²) in [5.41, 5.74) is 1.55. The largest absolute Gasteiger partial charge is 0.451 e. The van der Waals surface area contributed by atoms with Crippen molar-refractivity contribution < 1.29 is 18.8 Å². The zero-order valence-corrected chi connectivity index (χ0v) is 18.4. The second kappa shape index (κ2) is 9.10. The van der Waals surface area contributed by atoms with Gasteiger partial charge in [-0.3, -0.25) is 14.4 Å². The van der Waals surface area contributed by atoms with E-state index in [1.165, 1.54) is 0 Å². The van der Waals surface area contributed by atoms with Crippen molar-refractivity contribution in [2.45, 2.75) is 19.3 Å². The summed E-state index contributed by atoms with van der Waals surface area (Å²) in [6.45, 7) is 2.26. The van der Waals surface area contributed by atoms with Crippen molar-refractivity contribution in [1.29, 1.82) is 0 Å². The van der Waals surface area contributed by atoms with Crippen LogP contribution in [0, 0.1) is 11.8 Å². The third-order valence-corrected chi connectivity index (χ3v) is 6.67. The average Bonchev–Trinajstić information content (AvgIpc) is 3.47. The Bertz CT molecular complexity index is 1130. The third kappa shape index (κ3) is 4.49. The fourth-order valence-electron chi connectivity index (χ4n) is 4.71. The molecule has 5 rings (SSSR count). The Hall–Kier alpha value is -3.61. The number of para-hydroxylation sites is 2. The number of hydrogen-bond donors (Lipinski definition) is 1. The molecule has 0 saturated carbocycles. The fraction of sp³-hybridized carbons (Fsp3) is 0.346. The molecule has 3 heterocycles. The van der Waals surface area contributed by atoms with E-state index >= 15 is 0 Å². The molecule has 170 valence electrons. The lowest BCUT2D eigenvalue weighted by Crippen LogP contribution is -2.42. The van der Waals surface area contributed by atoms with Crippen molar-refractivity contribution in [3.8, 4) is 0 Å². The summed E-state index contributed by atoms with van der Waals surface area (Å²) in [7, 11) is 0. The second-order valence-electron chi connectivity index (χ2n) is 8.87. The number of rotatable bonds is 5. The van der Waals surface area contributed by atoms with Crippen LogP contribution in [-0.4, -0.2) is 48.8 Å². The van der Waals surface area contributed by atoms with Crippen molar-refractivity contribution in [3.05, 3.63) is 66.4 Å². The van der Waals surface area contributed by atoms with Crippen LogP contribution in [-0.2, 0) is 9.59 Å². The summed E-state index contributed by atoms with van der Waals surface area (Å²) in [6.07, 6.45) is 1.89. The van der Waals surface area contributed by atoms with Gasteiger partial charge >= 0.3 is 0 Å². The number of likely N-dealkylation sites (tertiary alicyclic amines) is 1. The van der Waals surface area contributed by atoms with Gasteiger partial charge in [-0.05, 0) is 43.0 Å². The van der Waals surface area contributed by atoms with E-state index in [0.717, 1.165) is 29.5 Å². The van der Waals surface area contributed by atoms with Gasteiger partial charge < -0.3 is 19.5 Å². The number of nitrogens with one attached hydrogen (secondary N) is 1. The number of piperidine rings is 1. The summed E-state index contributed by atoms with van der Waals surface area (Å²) < 4.78 is 5.72. The molecule has 3 aromatic rings. The Morgan fingerprint density at radius 3 is 2.48 bits per heavy atom. The van der Waals surface area contributed by atoms with Crippen LogP contribution >= 0.6 is 0 Å². The Labute approximate surface area is 192 Å². The molecule has 2 fully saturated rings. The van der Waals surface area contributed by atoms with Crippen molar-refractivity contribution >= 4 is 34.4 Å². The number of amides is 3. The van der Waals surface area contributed by atoms with Crippen LogP contribution in [0.15, 0.2) is 65.1 Å². The van der Waals surface area contributed by atoms with E-state index in [1.54, 1.807) is 11.0 Å². The first-order valence-corrected chi connectivity index (χ1v) is 11.5. The predicted octanol–water partition coefficient (Wildman–Crippen LogP) is 3.45. The topological polar surface area (TPSA) is 82.9 Å². The molecular weight excluding hydrogens is 418 g/mol. The molecule has 7 heteroatoms. The maximum Gasteiger partial charge on any atom is 0.289 e. The highest BCUT2D eigenvalue weighted by Gasteiger charge is 2.35. The molecule has 0 spiro atoms. The summed E-state index contributed by atoms with van der Waals surface area (Å²) in [4.78, 5) is 41.4. The number of carbonyl (C=O) groups excluding carboxylic acids is 3. The predicted molar refractivity (Wildman–Crippen MR) is 125 cm³/mol. The summed E-state index contributed by atoms with van der Waals surface area (Å²) in [5, 5.41) is 3.97. The molecule has 1 N–H and O–H groups in total. The number of fused-ring (bicyclic) bond motifs is 1. The van der Waals surface area contributed by atoms with E-state index in [9.17, 15) is 14.4 Å². The molecule has 1 atom stereocenters. The Balaban J connectivity index is 1.09. The lowest BCUT2D eigenvalue weighted by molar-refractivity contribution is -0.126. The molecule has 2 aliphatic heterocycles. The highest BCUT2D eigenvalue weighted by atomic mass is 16.3. The molecule has 0 bridgehead atoms. The monoisotopic (exact) mass is 445 g/mol. The normalized spacial score (nSPS) is 19.3. The minimum atomic E-state index is -0.326. The second-order valence-corrected chi connectivity index (χ2v) is 8.87. The van der Waals surface area contributed by atoms with Gasteiger partial charge in [0.05, 0.1) is 5.92 Å². The van der Waals surface area contributed by atoms with Crippen LogP contribution in [0.3, 0.4) is 0 Å². The average molecular weight is 446 g/mol. The lowest BCUT2D eigenvalue weighted by Gasteiger charge is -2.31. The standard InChI is InChI=1S/C26H27N3O4/c30-24-15-20(17-29(24)21-7-2-1-3-8-21)25(31)27-16-18-10-12-28(13-11-18)26(32)23-14-19-6-4-5-9-22(19)33-23/h1-9,14,18,20H,10-13,15-17H2,(H,27,31)/t20-/m0/s1. The van der Waals surface area contributed by atoms with E-state index in [4.69, 9.17) is 4.42 Å². The molecule has 0 unspecified atom stereocenters. The van der Waals surface area contributed by atoms with E-state index in [1.807, 2.05) is 59.5 Å². The highest BCUT2D eigenvalue weighted by molar-refractivity contribution is 6.00. The van der Waals surface area contributed by atoms with Gasteiger partial charge in [0, 0.05) is 43.7 Å². The van der Waals surface area contributed by atoms with Crippen molar-refractivity contribution in [1.82, 2.24) is 10.2 Å². The number of nitrogens with zero attached hydrogens (tertiary/aromatic N) is 2. The molecule has 33 heavy (non-hydrogen) atoms. The Kier molecular flexibility index (Phi) is 5.86. The van der Waals surface area contributed by atoms with Crippen LogP contribution in [0.2, 0.25) is 0 Å². The number of carbonyl (C=O) groups is 3. The van der Waals surface area contributed by atoms with Gasteiger partial charge in [-0.25, -0.2) is 0 Å². The van der Waals surface area contributed by atoms with Crippen LogP contribution in [0.4, 0.5) is 5.69 Å². The van der Waals surface area contributed by atoms with Gasteiger partial charge in [-0.1, -0.05) is 36.4 Å². The molecule has 2 aliphatic rings. The van der Waals surface area contributed by atoms with E-state index < -0.39 is 0 Å². The van der Waals surface area contributed by atoms with Crippen LogP contribution < -0.4 is 10.2 Å². The smallest absolute Gasteiger partial charge is 0.289 e. The first-order chi connectivity index (χ1) is 16.1. The van der Waals surface area contributed by atoms with Gasteiger partial charge in [-0.2, -0.15) is 0 Å². The maximum absolute atomic E-state index is 12.8. The number of benzene rings is 2. The minimum absolute atomic E-state index is 0.0150. The zero-order chi connectivity index (χ0) is 22.8. The first-order valence-electron chi connectivity index (χ1n) is 11.5. The van der Waals surface area contributed by atoms with Crippen molar-refractivity contribution in [2.24, 2.45) is 11.8 Å². The van der Waals surface area contributed by atoms with E-state index in [-0.39, 0.29) is 30.1 Å². The lowest BCUT2D eigenvalue weighted by atomic mass is 9.96. The molecule has 3 amide bonds. The Morgan fingerprint density at radius 2 is 1.73 bits per heavy atom. The number of furan rings is 1. The van der Waals surface area contributed by atoms with Crippen LogP contribution in [0.5, 0.6) is 0 Å². The first kappa shape index (κ1) is 21.2. The summed E-state index contributed by atoms with van der Waals surface area (Å²) in [5.74, 6) is 0.195. The van der Waals surface area contributed by atoms with Gasteiger partial charge in [0.15, 0.2) is 5.76 Å². The van der Waals surface area contributed by atoms with E-state index in [2.05, 4.69) is 5.32 Å². The number of anilines is 1. The Morgan fingerprint density at radius 1 is 1.00 bits per heavy atom. The molecule has 2 saturated heterocycles. The van der Waals surface area contributed by atoms with Gasteiger partial charge in [0.2, 0.25) is 11.8 Å². The molecular formula is C26H27N3O4. The fourth-order valence-corrected chi connectivity index (χ4v) is 4.71. The quantitative estimate of drug-likeness (QED) is 0.652. The van der Waals surface area contributed by atoms with Gasteiger partial charge in [0.25, 0.3) is 5.91 Å². The maximum atomic E-state index is 12.8. The van der Waals surface area contributed by atoms with Gasteiger partial charge in [-0.15, -0.1) is 0 Å². The summed E-state index contributed by atoms with van der Waals surface area (Å²) in [6, 6.07) is 18.9. The highest BCUT2D eigenvalue weighted by Crippen LogP contribution is 2.26. The van der Waals surface area contributed by atoms with Crippen molar-refractivity contribution in [3.63, 3.8) is 0 Å². The molecule has 7 nitrogen and oxygen atoms in total. The summed E-state index contributed by atoms with van der Waals surface area (Å²) >= 11 is 0. The molecule has 0 aliphatic carbocycles. The number of hydrogen-bond acceptors (Lipinski definition) is 4. The molecule has 1 aromatic heterocycles. The van der Waals surface area contributed by atoms with Crippen LogP contribution in [0.1, 0.15) is 29.8 Å². The van der Waals surface area contributed by atoms with Crippen molar-refractivity contribution in [2.75, 3.05) is 31.1 Å². The molecule has 2 aromatic carbocycles. The van der Waals surface area contributed by atoms with Gasteiger partial charge in [0.1, 0.15) is 5.58 Å².